The van der Waals surface area contributed by atoms with Crippen LogP contribution in [0.25, 0.3) is 0 Å². The number of anilines is 1. The van der Waals surface area contributed by atoms with E-state index in [9.17, 15) is 9.18 Å². The summed E-state index contributed by atoms with van der Waals surface area (Å²) in [6.45, 7) is 1.66. The van der Waals surface area contributed by atoms with Crippen LogP contribution in [-0.4, -0.2) is 23.9 Å². The molecule has 1 heterocycles. The second kappa shape index (κ2) is 7.71. The number of nitrogen functional groups attached to an aromatic ring is 1. The van der Waals surface area contributed by atoms with Gasteiger partial charge >= 0.3 is 0 Å². The molecule has 3 rings (SSSR count). The van der Waals surface area contributed by atoms with Gasteiger partial charge in [0.1, 0.15) is 5.82 Å². The topological polar surface area (TPSA) is 46.3 Å². The van der Waals surface area contributed by atoms with Gasteiger partial charge in [-0.3, -0.25) is 4.79 Å². The highest BCUT2D eigenvalue weighted by Crippen LogP contribution is 2.29. The molecule has 0 aliphatic carbocycles. The quantitative estimate of drug-likeness (QED) is 0.663. The van der Waals surface area contributed by atoms with E-state index in [0.717, 1.165) is 36.4 Å². The Morgan fingerprint density at radius 2 is 1.92 bits per heavy atom. The zero-order chi connectivity index (χ0) is 16.9. The molecule has 1 aliphatic rings. The van der Waals surface area contributed by atoms with Gasteiger partial charge in [0, 0.05) is 35.0 Å². The van der Waals surface area contributed by atoms with Crippen molar-refractivity contribution in [3.63, 3.8) is 0 Å². The lowest BCUT2D eigenvalue weighted by molar-refractivity contribution is 0.0724. The largest absolute Gasteiger partial charge is 0.398 e. The predicted molar refractivity (Wildman–Crippen MR) is 96.6 cm³/mol. The van der Waals surface area contributed by atoms with E-state index in [1.807, 2.05) is 23.1 Å². The first-order valence-electron chi connectivity index (χ1n) is 8.19. The van der Waals surface area contributed by atoms with Crippen molar-refractivity contribution in [1.29, 1.82) is 0 Å². The van der Waals surface area contributed by atoms with Gasteiger partial charge in [0.2, 0.25) is 0 Å². The third-order valence-corrected chi connectivity index (χ3v) is 5.34. The van der Waals surface area contributed by atoms with Crippen LogP contribution in [-0.2, 0) is 5.75 Å². The fourth-order valence-electron chi connectivity index (χ4n) is 2.88. The molecule has 5 heteroatoms. The number of thioether (sulfide) groups is 1. The van der Waals surface area contributed by atoms with Crippen molar-refractivity contribution in [2.24, 2.45) is 0 Å². The van der Waals surface area contributed by atoms with Gasteiger partial charge in [0.15, 0.2) is 0 Å². The summed E-state index contributed by atoms with van der Waals surface area (Å²) in [6, 6.07) is 12.0. The Morgan fingerprint density at radius 1 is 1.12 bits per heavy atom. The van der Waals surface area contributed by atoms with Crippen LogP contribution in [0.1, 0.15) is 35.2 Å². The number of carbonyl (C=O) groups excluding carboxylic acids is 1. The Hall–Kier alpha value is -2.01. The molecule has 2 N–H and O–H groups in total. The van der Waals surface area contributed by atoms with Gasteiger partial charge in [-0.15, -0.1) is 11.8 Å². The lowest BCUT2D eigenvalue weighted by Crippen LogP contribution is -2.35. The fourth-order valence-corrected chi connectivity index (χ4v) is 3.77. The number of benzene rings is 2. The van der Waals surface area contributed by atoms with E-state index in [0.29, 0.717) is 17.0 Å². The van der Waals surface area contributed by atoms with Crippen molar-refractivity contribution < 1.29 is 9.18 Å². The molecule has 2 aromatic carbocycles. The summed E-state index contributed by atoms with van der Waals surface area (Å²) in [5.74, 6) is 0.466. The molecule has 3 nitrogen and oxygen atoms in total. The Labute approximate surface area is 146 Å². The van der Waals surface area contributed by atoms with Gasteiger partial charge in [-0.25, -0.2) is 4.39 Å². The van der Waals surface area contributed by atoms with Crippen LogP contribution >= 0.6 is 11.8 Å². The van der Waals surface area contributed by atoms with Crippen molar-refractivity contribution in [3.8, 4) is 0 Å². The minimum atomic E-state index is -0.233. The second-order valence-corrected chi connectivity index (χ2v) is 7.04. The first kappa shape index (κ1) is 16.8. The maximum atomic E-state index is 13.2. The van der Waals surface area contributed by atoms with Crippen molar-refractivity contribution in [2.45, 2.75) is 29.9 Å². The Kier molecular flexibility index (Phi) is 5.41. The summed E-state index contributed by atoms with van der Waals surface area (Å²) in [4.78, 5) is 15.3. The zero-order valence-electron chi connectivity index (χ0n) is 13.5. The number of halogens is 1. The van der Waals surface area contributed by atoms with Gasteiger partial charge in [0.05, 0.1) is 0 Å². The molecule has 0 atom stereocenters. The van der Waals surface area contributed by atoms with Crippen molar-refractivity contribution in [3.05, 3.63) is 59.4 Å². The number of hydrogen-bond donors (Lipinski definition) is 1. The van der Waals surface area contributed by atoms with Crippen LogP contribution < -0.4 is 5.73 Å². The van der Waals surface area contributed by atoms with E-state index in [1.165, 1.54) is 18.6 Å². The SMILES string of the molecule is Nc1cc(C(=O)N2CCCCC2)ccc1SCc1cccc(F)c1. The molecular weight excluding hydrogens is 323 g/mol. The standard InChI is InChI=1S/C19H21FN2OS/c20-16-6-4-5-14(11-16)13-24-18-8-7-15(12-17(18)21)19(23)22-9-2-1-3-10-22/h4-8,11-12H,1-3,9-10,13,21H2. The first-order valence-corrected chi connectivity index (χ1v) is 9.18. The molecule has 0 bridgehead atoms. The molecule has 1 saturated heterocycles. The van der Waals surface area contributed by atoms with E-state index in [-0.39, 0.29) is 11.7 Å². The third kappa shape index (κ3) is 4.09. The van der Waals surface area contributed by atoms with Gasteiger partial charge in [-0.05, 0) is 55.2 Å². The minimum absolute atomic E-state index is 0.0584. The zero-order valence-corrected chi connectivity index (χ0v) is 14.3. The lowest BCUT2D eigenvalue weighted by Gasteiger charge is -2.26. The van der Waals surface area contributed by atoms with Crippen LogP contribution in [0.3, 0.4) is 0 Å². The van der Waals surface area contributed by atoms with Crippen molar-refractivity contribution >= 4 is 23.4 Å². The summed E-state index contributed by atoms with van der Waals surface area (Å²) >= 11 is 1.55. The summed E-state index contributed by atoms with van der Waals surface area (Å²) in [6.07, 6.45) is 3.34. The van der Waals surface area contributed by atoms with Gasteiger partial charge in [-0.2, -0.15) is 0 Å². The molecule has 0 unspecified atom stereocenters. The van der Waals surface area contributed by atoms with E-state index >= 15 is 0 Å². The molecule has 0 spiro atoms. The average molecular weight is 344 g/mol. The van der Waals surface area contributed by atoms with Crippen LogP contribution in [0.2, 0.25) is 0 Å². The number of piperidine rings is 1. The molecular formula is C19H21FN2OS. The Bertz CT molecular complexity index is 729. The molecule has 0 saturated carbocycles. The number of nitrogens with zero attached hydrogens (tertiary/aromatic N) is 1. The number of likely N-dealkylation sites (tertiary alicyclic amines) is 1. The molecule has 24 heavy (non-hydrogen) atoms. The number of carbonyl (C=O) groups is 1. The van der Waals surface area contributed by atoms with Crippen LogP contribution in [0.4, 0.5) is 10.1 Å². The van der Waals surface area contributed by atoms with Gasteiger partial charge < -0.3 is 10.6 Å². The maximum Gasteiger partial charge on any atom is 0.253 e. The summed E-state index contributed by atoms with van der Waals surface area (Å²) in [5, 5.41) is 0. The molecule has 126 valence electrons. The monoisotopic (exact) mass is 344 g/mol. The third-order valence-electron chi connectivity index (χ3n) is 4.18. The van der Waals surface area contributed by atoms with E-state index in [2.05, 4.69) is 0 Å². The highest BCUT2D eigenvalue weighted by Gasteiger charge is 2.18. The number of rotatable bonds is 4. The van der Waals surface area contributed by atoms with Crippen LogP contribution in [0, 0.1) is 5.82 Å². The van der Waals surface area contributed by atoms with Gasteiger partial charge in [-0.1, -0.05) is 12.1 Å². The Morgan fingerprint density at radius 3 is 2.62 bits per heavy atom. The lowest BCUT2D eigenvalue weighted by atomic mass is 10.1. The number of amides is 1. The molecule has 0 radical (unpaired) electrons. The maximum absolute atomic E-state index is 13.2. The second-order valence-electron chi connectivity index (χ2n) is 6.02. The summed E-state index contributed by atoms with van der Waals surface area (Å²) in [5.41, 5.74) is 8.27. The molecule has 2 aromatic rings. The molecule has 0 aromatic heterocycles. The van der Waals surface area contributed by atoms with E-state index < -0.39 is 0 Å². The van der Waals surface area contributed by atoms with E-state index in [4.69, 9.17) is 5.73 Å². The first-order chi connectivity index (χ1) is 11.6. The summed E-state index contributed by atoms with van der Waals surface area (Å²) < 4.78 is 13.2. The highest BCUT2D eigenvalue weighted by atomic mass is 32.2. The van der Waals surface area contributed by atoms with Crippen molar-refractivity contribution in [2.75, 3.05) is 18.8 Å². The van der Waals surface area contributed by atoms with E-state index in [1.54, 1.807) is 23.9 Å². The van der Waals surface area contributed by atoms with Gasteiger partial charge in [0.25, 0.3) is 5.91 Å². The minimum Gasteiger partial charge on any atom is -0.398 e. The highest BCUT2D eigenvalue weighted by molar-refractivity contribution is 7.98. The Balaban J connectivity index is 1.67. The molecule has 1 fully saturated rings. The molecule has 1 amide bonds. The summed E-state index contributed by atoms with van der Waals surface area (Å²) in [7, 11) is 0. The predicted octanol–water partition coefficient (Wildman–Crippen LogP) is 4.33. The average Bonchev–Trinajstić information content (AvgIpc) is 2.61. The smallest absolute Gasteiger partial charge is 0.253 e. The van der Waals surface area contributed by atoms with Crippen molar-refractivity contribution in [1.82, 2.24) is 4.90 Å². The normalized spacial score (nSPS) is 14.6. The van der Waals surface area contributed by atoms with Crippen LogP contribution in [0.5, 0.6) is 0 Å². The fraction of sp³-hybridized carbons (Fsp3) is 0.316. The van der Waals surface area contributed by atoms with Crippen LogP contribution in [0.15, 0.2) is 47.4 Å². The number of nitrogens with two attached hydrogens (primary N) is 1. The number of hydrogen-bond acceptors (Lipinski definition) is 3. The molecule has 1 aliphatic heterocycles.